The first-order valence-electron chi connectivity index (χ1n) is 5.36. The second-order valence-electron chi connectivity index (χ2n) is 3.76. The van der Waals surface area contributed by atoms with Crippen molar-refractivity contribution in [3.63, 3.8) is 0 Å². The van der Waals surface area contributed by atoms with E-state index in [-0.39, 0.29) is 0 Å². The molecule has 2 rings (SSSR count). The lowest BCUT2D eigenvalue weighted by molar-refractivity contribution is 0.277. The van der Waals surface area contributed by atoms with Crippen molar-refractivity contribution in [2.45, 2.75) is 25.8 Å². The summed E-state index contributed by atoms with van der Waals surface area (Å²) in [7, 11) is 0. The maximum absolute atomic E-state index is 5.45. The summed E-state index contributed by atoms with van der Waals surface area (Å²) in [6.45, 7) is 5.51. The van der Waals surface area contributed by atoms with Crippen LogP contribution in [0.4, 0.5) is 11.1 Å². The van der Waals surface area contributed by atoms with Crippen molar-refractivity contribution < 1.29 is 0 Å². The molecule has 1 fully saturated rings. The van der Waals surface area contributed by atoms with Crippen molar-refractivity contribution >= 4 is 22.6 Å². The first kappa shape index (κ1) is 10.6. The smallest absolute Gasteiger partial charge is 0.233 e. The lowest BCUT2D eigenvalue weighted by atomic mass is 10.2. The highest BCUT2D eigenvalue weighted by molar-refractivity contribution is 7.09. The highest BCUT2D eigenvalue weighted by Gasteiger charge is 2.22. The SMILES string of the molecule is CCN1CCCC1CNc1nc(N)ns1. The van der Waals surface area contributed by atoms with Gasteiger partial charge in [0.2, 0.25) is 11.1 Å². The summed E-state index contributed by atoms with van der Waals surface area (Å²) in [6, 6.07) is 0.639. The number of anilines is 2. The van der Waals surface area contributed by atoms with Gasteiger partial charge in [0, 0.05) is 24.1 Å². The molecule has 0 aromatic carbocycles. The van der Waals surface area contributed by atoms with E-state index in [0.717, 1.165) is 18.2 Å². The maximum Gasteiger partial charge on any atom is 0.233 e. The van der Waals surface area contributed by atoms with Crippen LogP contribution in [0.3, 0.4) is 0 Å². The molecule has 1 aromatic heterocycles. The molecule has 1 aliphatic rings. The molecule has 1 aliphatic heterocycles. The van der Waals surface area contributed by atoms with Gasteiger partial charge in [0.25, 0.3) is 0 Å². The standard InChI is InChI=1S/C9H17N5S/c1-2-14-5-3-4-7(14)6-11-9-12-8(10)13-15-9/h7H,2-6H2,1H3,(H3,10,11,12,13). The number of likely N-dealkylation sites (tertiary alicyclic amines) is 1. The van der Waals surface area contributed by atoms with Crippen LogP contribution in [0.2, 0.25) is 0 Å². The molecule has 0 spiro atoms. The molecular formula is C9H17N5S. The van der Waals surface area contributed by atoms with Gasteiger partial charge in [0.05, 0.1) is 0 Å². The summed E-state index contributed by atoms with van der Waals surface area (Å²) in [4.78, 5) is 6.58. The molecule has 5 nitrogen and oxygen atoms in total. The maximum atomic E-state index is 5.45. The summed E-state index contributed by atoms with van der Waals surface area (Å²) in [5, 5.41) is 4.12. The average Bonchev–Trinajstić information content (AvgIpc) is 2.83. The summed E-state index contributed by atoms with van der Waals surface area (Å²) >= 11 is 1.33. The molecule has 3 N–H and O–H groups in total. The van der Waals surface area contributed by atoms with E-state index >= 15 is 0 Å². The van der Waals surface area contributed by atoms with Gasteiger partial charge in [-0.15, -0.1) is 0 Å². The number of nitrogen functional groups attached to an aromatic ring is 1. The summed E-state index contributed by atoms with van der Waals surface area (Å²) in [5.41, 5.74) is 5.45. The quantitative estimate of drug-likeness (QED) is 0.803. The Morgan fingerprint density at radius 3 is 3.20 bits per heavy atom. The van der Waals surface area contributed by atoms with Crippen LogP contribution < -0.4 is 11.1 Å². The van der Waals surface area contributed by atoms with Crippen molar-refractivity contribution in [3.8, 4) is 0 Å². The van der Waals surface area contributed by atoms with E-state index in [1.54, 1.807) is 0 Å². The van der Waals surface area contributed by atoms with E-state index in [1.807, 2.05) is 0 Å². The molecule has 0 saturated carbocycles. The van der Waals surface area contributed by atoms with Crippen LogP contribution >= 0.6 is 11.5 Å². The van der Waals surface area contributed by atoms with Gasteiger partial charge in [-0.1, -0.05) is 6.92 Å². The van der Waals surface area contributed by atoms with Crippen LogP contribution in [0.15, 0.2) is 0 Å². The molecule has 0 radical (unpaired) electrons. The zero-order chi connectivity index (χ0) is 10.7. The Morgan fingerprint density at radius 2 is 2.53 bits per heavy atom. The van der Waals surface area contributed by atoms with Crippen molar-refractivity contribution in [2.24, 2.45) is 0 Å². The number of hydrogen-bond donors (Lipinski definition) is 2. The van der Waals surface area contributed by atoms with Crippen LogP contribution in [0.5, 0.6) is 0 Å². The summed E-state index contributed by atoms with van der Waals surface area (Å²) in [5.74, 6) is 0.362. The third kappa shape index (κ3) is 2.57. The molecule has 0 amide bonds. The second-order valence-corrected chi connectivity index (χ2v) is 4.52. The zero-order valence-electron chi connectivity index (χ0n) is 8.94. The van der Waals surface area contributed by atoms with Gasteiger partial charge >= 0.3 is 0 Å². The first-order valence-corrected chi connectivity index (χ1v) is 6.14. The van der Waals surface area contributed by atoms with Gasteiger partial charge < -0.3 is 11.1 Å². The minimum absolute atomic E-state index is 0.362. The predicted octanol–water partition coefficient (Wildman–Crippen LogP) is 1.02. The topological polar surface area (TPSA) is 67.1 Å². The Bertz CT molecular complexity index is 313. The van der Waals surface area contributed by atoms with Gasteiger partial charge in [-0.3, -0.25) is 4.90 Å². The van der Waals surface area contributed by atoms with Crippen LogP contribution in [0, 0.1) is 0 Å². The molecule has 6 heteroatoms. The normalized spacial score (nSPS) is 22.1. The van der Waals surface area contributed by atoms with E-state index < -0.39 is 0 Å². The van der Waals surface area contributed by atoms with Crippen LogP contribution in [-0.2, 0) is 0 Å². The van der Waals surface area contributed by atoms with Crippen LogP contribution in [0.1, 0.15) is 19.8 Å². The number of nitrogens with one attached hydrogen (secondary N) is 1. The van der Waals surface area contributed by atoms with Crippen molar-refractivity contribution in [2.75, 3.05) is 30.7 Å². The van der Waals surface area contributed by atoms with Crippen molar-refractivity contribution in [3.05, 3.63) is 0 Å². The molecule has 2 heterocycles. The summed E-state index contributed by atoms with van der Waals surface area (Å²) < 4.78 is 3.93. The largest absolute Gasteiger partial charge is 0.367 e. The average molecular weight is 227 g/mol. The Hall–Kier alpha value is -0.880. The Labute approximate surface area is 93.9 Å². The van der Waals surface area contributed by atoms with Gasteiger partial charge in [0.1, 0.15) is 0 Å². The third-order valence-corrected chi connectivity index (χ3v) is 3.52. The molecule has 1 aromatic rings. The zero-order valence-corrected chi connectivity index (χ0v) is 9.76. The molecule has 1 saturated heterocycles. The molecule has 0 aliphatic carbocycles. The van der Waals surface area contributed by atoms with E-state index in [4.69, 9.17) is 5.73 Å². The lowest BCUT2D eigenvalue weighted by Crippen LogP contribution is -2.34. The number of aromatic nitrogens is 2. The molecular weight excluding hydrogens is 210 g/mol. The fraction of sp³-hybridized carbons (Fsp3) is 0.778. The number of likely N-dealkylation sites (N-methyl/N-ethyl adjacent to an activating group) is 1. The van der Waals surface area contributed by atoms with Crippen LogP contribution in [0.25, 0.3) is 0 Å². The molecule has 1 atom stereocenters. The Balaban J connectivity index is 1.82. The van der Waals surface area contributed by atoms with E-state index in [2.05, 4.69) is 26.5 Å². The Kier molecular flexibility index (Phi) is 3.37. The minimum Gasteiger partial charge on any atom is -0.367 e. The van der Waals surface area contributed by atoms with Gasteiger partial charge in [-0.2, -0.15) is 9.36 Å². The highest BCUT2D eigenvalue weighted by Crippen LogP contribution is 2.18. The van der Waals surface area contributed by atoms with Gasteiger partial charge in [-0.25, -0.2) is 0 Å². The third-order valence-electron chi connectivity index (χ3n) is 2.84. The predicted molar refractivity (Wildman–Crippen MR) is 63.1 cm³/mol. The molecule has 15 heavy (non-hydrogen) atoms. The van der Waals surface area contributed by atoms with E-state index in [1.165, 1.54) is 30.9 Å². The Morgan fingerprint density at radius 1 is 1.67 bits per heavy atom. The molecule has 1 unspecified atom stereocenters. The van der Waals surface area contributed by atoms with Gasteiger partial charge in [-0.05, 0) is 25.9 Å². The van der Waals surface area contributed by atoms with Crippen molar-refractivity contribution in [1.82, 2.24) is 14.3 Å². The second kappa shape index (κ2) is 4.76. The number of nitrogens with zero attached hydrogens (tertiary/aromatic N) is 3. The summed E-state index contributed by atoms with van der Waals surface area (Å²) in [6.07, 6.45) is 2.58. The molecule has 0 bridgehead atoms. The van der Waals surface area contributed by atoms with Crippen molar-refractivity contribution in [1.29, 1.82) is 0 Å². The first-order chi connectivity index (χ1) is 7.29. The lowest BCUT2D eigenvalue weighted by Gasteiger charge is -2.22. The monoisotopic (exact) mass is 227 g/mol. The number of hydrogen-bond acceptors (Lipinski definition) is 6. The number of nitrogens with two attached hydrogens (primary N) is 1. The van der Waals surface area contributed by atoms with E-state index in [0.29, 0.717) is 12.0 Å². The van der Waals surface area contributed by atoms with E-state index in [9.17, 15) is 0 Å². The van der Waals surface area contributed by atoms with Gasteiger partial charge in [0.15, 0.2) is 0 Å². The molecule has 84 valence electrons. The fourth-order valence-corrected chi connectivity index (χ4v) is 2.56. The van der Waals surface area contributed by atoms with Crippen LogP contribution in [-0.4, -0.2) is 39.9 Å². The highest BCUT2D eigenvalue weighted by atomic mass is 32.1. The minimum atomic E-state index is 0.362. The number of rotatable bonds is 4. The fourth-order valence-electron chi connectivity index (χ4n) is 2.05.